The van der Waals surface area contributed by atoms with Gasteiger partial charge in [0, 0.05) is 23.5 Å². The van der Waals surface area contributed by atoms with Crippen LogP contribution in [0.4, 0.5) is 13.2 Å². The minimum Gasteiger partial charge on any atom is -0.497 e. The van der Waals surface area contributed by atoms with Crippen LogP contribution in [0.3, 0.4) is 0 Å². The maximum Gasteiger partial charge on any atom is 0.391 e. The first kappa shape index (κ1) is 22.6. The molecule has 0 N–H and O–H groups in total. The van der Waals surface area contributed by atoms with Crippen LogP contribution in [0.1, 0.15) is 24.9 Å². The summed E-state index contributed by atoms with van der Waals surface area (Å²) in [4.78, 5) is 4.80. The third kappa shape index (κ3) is 4.88. The molecule has 5 rings (SSSR count). The lowest BCUT2D eigenvalue weighted by Crippen LogP contribution is -2.16. The number of fused-ring (bicyclic) bond motifs is 1. The van der Waals surface area contributed by atoms with Crippen molar-refractivity contribution in [3.8, 4) is 28.3 Å². The van der Waals surface area contributed by atoms with Gasteiger partial charge in [-0.3, -0.25) is 9.36 Å². The number of methoxy groups -OCH3 is 1. The Hall–Kier alpha value is -4.15. The summed E-state index contributed by atoms with van der Waals surface area (Å²) in [6.07, 6.45) is 4.94. The number of rotatable bonds is 7. The first-order valence-corrected chi connectivity index (χ1v) is 10.9. The van der Waals surface area contributed by atoms with E-state index in [1.807, 2.05) is 35.1 Å². The lowest BCUT2D eigenvalue weighted by Gasteiger charge is -2.14. The number of aromatic nitrogens is 7. The molecule has 1 aromatic carbocycles. The van der Waals surface area contributed by atoms with Crippen molar-refractivity contribution < 1.29 is 17.9 Å². The van der Waals surface area contributed by atoms with Crippen LogP contribution >= 0.6 is 0 Å². The van der Waals surface area contributed by atoms with Gasteiger partial charge in [-0.2, -0.15) is 28.5 Å². The van der Waals surface area contributed by atoms with Crippen molar-refractivity contribution in [2.45, 2.75) is 32.1 Å². The van der Waals surface area contributed by atoms with Gasteiger partial charge in [-0.15, -0.1) is 0 Å². The Balaban J connectivity index is 1.44. The van der Waals surface area contributed by atoms with Gasteiger partial charge >= 0.3 is 6.18 Å². The molecule has 0 aliphatic rings. The molecule has 0 radical (unpaired) electrons. The summed E-state index contributed by atoms with van der Waals surface area (Å²) >= 11 is 0. The molecule has 0 amide bonds. The van der Waals surface area contributed by atoms with Gasteiger partial charge in [0.25, 0.3) is 0 Å². The van der Waals surface area contributed by atoms with Crippen molar-refractivity contribution in [2.24, 2.45) is 0 Å². The Morgan fingerprint density at radius 1 is 0.943 bits per heavy atom. The average molecular weight is 481 g/mol. The number of halogens is 3. The van der Waals surface area contributed by atoms with Crippen molar-refractivity contribution >= 4 is 5.52 Å². The third-order valence-electron chi connectivity index (χ3n) is 5.68. The van der Waals surface area contributed by atoms with Crippen molar-refractivity contribution in [1.82, 2.24) is 34.2 Å². The standard InChI is InChI=1S/C24H22F3N7O/c1-16(9-24(25,26)27)33-14-19(11-30-33)23-22-7-8-28-34(22)15-21(31-23)18-10-29-32(13-18)12-17-3-5-20(35-2)6-4-17/h3-8,10-11,13-16H,9,12H2,1-2H3. The molecule has 0 aliphatic heterocycles. The van der Waals surface area contributed by atoms with Crippen molar-refractivity contribution in [1.29, 1.82) is 0 Å². The first-order valence-electron chi connectivity index (χ1n) is 10.9. The summed E-state index contributed by atoms with van der Waals surface area (Å²) < 4.78 is 48.5. The number of alkyl halides is 3. The quantitative estimate of drug-likeness (QED) is 0.326. The summed E-state index contributed by atoms with van der Waals surface area (Å²) in [6, 6.07) is 8.72. The first-order chi connectivity index (χ1) is 16.8. The molecule has 0 fully saturated rings. The Labute approximate surface area is 198 Å². The van der Waals surface area contributed by atoms with Gasteiger partial charge in [0.05, 0.1) is 67.8 Å². The van der Waals surface area contributed by atoms with E-state index >= 15 is 0 Å². The lowest BCUT2D eigenvalue weighted by molar-refractivity contribution is -0.142. The monoisotopic (exact) mass is 481 g/mol. The number of ether oxygens (including phenoxy) is 1. The second kappa shape index (κ2) is 8.90. The Bertz CT molecular complexity index is 1450. The minimum absolute atomic E-state index is 0.574. The van der Waals surface area contributed by atoms with Gasteiger partial charge < -0.3 is 4.74 Å². The highest BCUT2D eigenvalue weighted by atomic mass is 19.4. The van der Waals surface area contributed by atoms with Crippen LogP contribution < -0.4 is 4.74 Å². The van der Waals surface area contributed by atoms with Gasteiger partial charge in [-0.05, 0) is 30.7 Å². The average Bonchev–Trinajstić information content (AvgIpc) is 3.58. The van der Waals surface area contributed by atoms with E-state index in [1.54, 1.807) is 42.5 Å². The molecule has 0 bridgehead atoms. The van der Waals surface area contributed by atoms with Gasteiger partial charge in [0.1, 0.15) is 5.75 Å². The molecule has 8 nitrogen and oxygen atoms in total. The molecule has 35 heavy (non-hydrogen) atoms. The number of hydrogen-bond donors (Lipinski definition) is 0. The molecule has 4 heterocycles. The maximum absolute atomic E-state index is 12.8. The number of nitrogens with zero attached hydrogens (tertiary/aromatic N) is 7. The fraction of sp³-hybridized carbons (Fsp3) is 0.250. The molecule has 0 saturated carbocycles. The molecule has 1 unspecified atom stereocenters. The SMILES string of the molecule is COc1ccc(Cn2cc(-c3cn4nccc4c(-c4cnn(C(C)CC(F)(F)F)c4)n3)cn2)cc1. The number of benzene rings is 1. The second-order valence-corrected chi connectivity index (χ2v) is 8.29. The minimum atomic E-state index is -4.27. The molecule has 5 aromatic rings. The Morgan fingerprint density at radius 2 is 1.71 bits per heavy atom. The molecule has 180 valence electrons. The topological polar surface area (TPSA) is 75.1 Å². The molecule has 0 aliphatic carbocycles. The third-order valence-corrected chi connectivity index (χ3v) is 5.68. The smallest absolute Gasteiger partial charge is 0.391 e. The Morgan fingerprint density at radius 3 is 2.46 bits per heavy atom. The lowest BCUT2D eigenvalue weighted by atomic mass is 10.2. The molecule has 11 heteroatoms. The summed E-state index contributed by atoms with van der Waals surface area (Å²) in [5.41, 5.74) is 4.40. The van der Waals surface area contributed by atoms with Crippen LogP contribution in [0.25, 0.3) is 28.0 Å². The van der Waals surface area contributed by atoms with Crippen molar-refractivity contribution in [3.05, 3.63) is 73.1 Å². The van der Waals surface area contributed by atoms with Crippen LogP contribution in [-0.4, -0.2) is 47.4 Å². The van der Waals surface area contributed by atoms with Crippen molar-refractivity contribution in [2.75, 3.05) is 7.11 Å². The van der Waals surface area contributed by atoms with Crippen LogP contribution in [0.5, 0.6) is 5.75 Å². The highest BCUT2D eigenvalue weighted by molar-refractivity contribution is 5.78. The zero-order valence-electron chi connectivity index (χ0n) is 19.0. The molecule has 0 spiro atoms. The van der Waals surface area contributed by atoms with Crippen molar-refractivity contribution in [3.63, 3.8) is 0 Å². The summed E-state index contributed by atoms with van der Waals surface area (Å²) in [7, 11) is 1.63. The van der Waals surface area contributed by atoms with E-state index < -0.39 is 18.6 Å². The van der Waals surface area contributed by atoms with E-state index in [9.17, 15) is 13.2 Å². The largest absolute Gasteiger partial charge is 0.497 e. The maximum atomic E-state index is 12.8. The predicted molar refractivity (Wildman–Crippen MR) is 123 cm³/mol. The Kier molecular flexibility index (Phi) is 5.75. The van der Waals surface area contributed by atoms with Gasteiger partial charge in [-0.1, -0.05) is 12.1 Å². The zero-order chi connectivity index (χ0) is 24.6. The molecule has 1 atom stereocenters. The van der Waals surface area contributed by atoms with Gasteiger partial charge in [0.15, 0.2) is 0 Å². The van der Waals surface area contributed by atoms with Crippen LogP contribution in [-0.2, 0) is 6.54 Å². The fourth-order valence-electron chi connectivity index (χ4n) is 3.91. The van der Waals surface area contributed by atoms with Gasteiger partial charge in [0.2, 0.25) is 0 Å². The van der Waals surface area contributed by atoms with Crippen LogP contribution in [0.15, 0.2) is 67.5 Å². The van der Waals surface area contributed by atoms with E-state index in [2.05, 4.69) is 15.3 Å². The highest BCUT2D eigenvalue weighted by Crippen LogP contribution is 2.30. The normalized spacial score (nSPS) is 12.8. The summed E-state index contributed by atoms with van der Waals surface area (Å²) in [5, 5.41) is 12.9. The van der Waals surface area contributed by atoms with Crippen LogP contribution in [0.2, 0.25) is 0 Å². The fourth-order valence-corrected chi connectivity index (χ4v) is 3.91. The summed E-state index contributed by atoms with van der Waals surface area (Å²) in [6.45, 7) is 2.06. The molecule has 0 saturated heterocycles. The van der Waals surface area contributed by atoms with E-state index in [0.717, 1.165) is 22.4 Å². The number of hydrogen-bond acceptors (Lipinski definition) is 5. The van der Waals surface area contributed by atoms with E-state index in [4.69, 9.17) is 9.72 Å². The van der Waals surface area contributed by atoms with E-state index in [-0.39, 0.29) is 0 Å². The van der Waals surface area contributed by atoms with Gasteiger partial charge in [-0.25, -0.2) is 9.50 Å². The molecular weight excluding hydrogens is 459 g/mol. The highest BCUT2D eigenvalue weighted by Gasteiger charge is 2.31. The second-order valence-electron chi connectivity index (χ2n) is 8.29. The summed E-state index contributed by atoms with van der Waals surface area (Å²) in [5.74, 6) is 0.787. The molecule has 4 aromatic heterocycles. The van der Waals surface area contributed by atoms with E-state index in [1.165, 1.54) is 17.8 Å². The zero-order valence-corrected chi connectivity index (χ0v) is 19.0. The molecular formula is C24H22F3N7O. The predicted octanol–water partition coefficient (Wildman–Crippen LogP) is 5.03. The van der Waals surface area contributed by atoms with E-state index in [0.29, 0.717) is 23.5 Å². The van der Waals surface area contributed by atoms with Crippen LogP contribution in [0, 0.1) is 0 Å².